The van der Waals surface area contributed by atoms with Crippen molar-refractivity contribution >= 4 is 14.6 Å². The van der Waals surface area contributed by atoms with Crippen LogP contribution in [0.5, 0.6) is 0 Å². The van der Waals surface area contributed by atoms with E-state index in [0.717, 1.165) is 0 Å². The van der Waals surface area contributed by atoms with Crippen molar-refractivity contribution in [2.24, 2.45) is 0 Å². The molecule has 0 aromatic rings. The maximum Gasteiger partial charge on any atom is 0.394 e. The van der Waals surface area contributed by atoms with Gasteiger partial charge in [-0.25, -0.2) is 4.79 Å². The number of aliphatic hydroxyl groups is 1. The van der Waals surface area contributed by atoms with E-state index >= 15 is 0 Å². The minimum atomic E-state index is -2.68. The highest BCUT2D eigenvalue weighted by atomic mass is 31.2. The predicted molar refractivity (Wildman–Crippen MR) is 38.3 cm³/mol. The molecule has 0 spiro atoms. The Morgan fingerprint density at radius 1 is 1.55 bits per heavy atom. The Balaban J connectivity index is 3.74. The maximum atomic E-state index is 10.6. The Morgan fingerprint density at radius 3 is 2.45 bits per heavy atom. The summed E-state index contributed by atoms with van der Waals surface area (Å²) in [6.07, 6.45) is 0.0714. The van der Waals surface area contributed by atoms with E-state index in [-0.39, 0.29) is 18.6 Å². The van der Waals surface area contributed by atoms with Crippen molar-refractivity contribution < 1.29 is 24.2 Å². The van der Waals surface area contributed by atoms with Crippen molar-refractivity contribution in [3.63, 3.8) is 0 Å². The average molecular weight is 180 g/mol. The van der Waals surface area contributed by atoms with Crippen molar-refractivity contribution in [3.05, 3.63) is 12.2 Å². The second-order valence-corrected chi connectivity index (χ2v) is 2.40. The van der Waals surface area contributed by atoms with Crippen LogP contribution < -0.4 is 0 Å². The van der Waals surface area contributed by atoms with Crippen LogP contribution >= 0.6 is 8.60 Å². The predicted octanol–water partition coefficient (Wildman–Crippen LogP) is -0.320. The van der Waals surface area contributed by atoms with Crippen LogP contribution in [0.2, 0.25) is 0 Å². The van der Waals surface area contributed by atoms with E-state index in [2.05, 4.69) is 11.1 Å². The van der Waals surface area contributed by atoms with Crippen molar-refractivity contribution in [3.8, 4) is 0 Å². The molecule has 0 unspecified atom stereocenters. The zero-order chi connectivity index (χ0) is 8.85. The molecule has 0 radical (unpaired) electrons. The van der Waals surface area contributed by atoms with Gasteiger partial charge in [0.2, 0.25) is 0 Å². The van der Waals surface area contributed by atoms with Gasteiger partial charge in [-0.05, 0) is 0 Å². The number of carbonyl (C=O) groups is 1. The fraction of sp³-hybridized carbons (Fsp3) is 0.400. The van der Waals surface area contributed by atoms with Gasteiger partial charge >= 0.3 is 14.6 Å². The van der Waals surface area contributed by atoms with Crippen LogP contribution in [0, 0.1) is 0 Å². The molecule has 0 aliphatic heterocycles. The van der Waals surface area contributed by atoms with Gasteiger partial charge in [-0.2, -0.15) is 0 Å². The molecule has 0 amide bonds. The van der Waals surface area contributed by atoms with Crippen molar-refractivity contribution in [2.75, 3.05) is 6.61 Å². The van der Waals surface area contributed by atoms with Gasteiger partial charge in [-0.3, -0.25) is 0 Å². The smallest absolute Gasteiger partial charge is 0.394 e. The topological polar surface area (TPSA) is 87.0 Å². The molecule has 0 fully saturated rings. The first kappa shape index (κ1) is 10.5. The molecule has 0 heterocycles. The number of aliphatic hydroxyl groups excluding tert-OH is 1. The average Bonchev–Trinajstić information content (AvgIpc) is 1.86. The van der Waals surface area contributed by atoms with E-state index in [4.69, 9.17) is 14.9 Å². The molecule has 0 aliphatic carbocycles. The second-order valence-electron chi connectivity index (χ2n) is 1.71. The van der Waals surface area contributed by atoms with Crippen LogP contribution in [-0.2, 0) is 9.32 Å². The summed E-state index contributed by atoms with van der Waals surface area (Å²) in [5.41, 5.74) is 0.0168. The third-order valence-corrected chi connectivity index (χ3v) is 1.20. The van der Waals surface area contributed by atoms with Crippen molar-refractivity contribution in [1.29, 1.82) is 0 Å². The lowest BCUT2D eigenvalue weighted by atomic mass is 10.2. The standard InChI is InChI=1S/C5H9O5P/c1-4(2-3-6)5(7)10-11(8)9/h6,8-9H,1-3H2. The lowest BCUT2D eigenvalue weighted by molar-refractivity contribution is -0.130. The lowest BCUT2D eigenvalue weighted by Crippen LogP contribution is -2.04. The SMILES string of the molecule is C=C(CCO)C(=O)OP(O)O. The zero-order valence-electron chi connectivity index (χ0n) is 5.73. The van der Waals surface area contributed by atoms with Crippen LogP contribution in [0.25, 0.3) is 0 Å². The van der Waals surface area contributed by atoms with Crippen molar-refractivity contribution in [1.82, 2.24) is 0 Å². The molecular formula is C5H9O5P. The number of rotatable bonds is 4. The number of carbonyl (C=O) groups excluding carboxylic acids is 1. The summed E-state index contributed by atoms with van der Waals surface area (Å²) in [7, 11) is -2.68. The normalized spacial score (nSPS) is 9.82. The fourth-order valence-electron chi connectivity index (χ4n) is 0.376. The lowest BCUT2D eigenvalue weighted by Gasteiger charge is -2.04. The highest BCUT2D eigenvalue weighted by Gasteiger charge is 2.12. The summed E-state index contributed by atoms with van der Waals surface area (Å²) < 4.78 is 3.99. The first-order valence-corrected chi connectivity index (χ1v) is 3.93. The Morgan fingerprint density at radius 2 is 2.09 bits per heavy atom. The van der Waals surface area contributed by atoms with Crippen LogP contribution in [0.1, 0.15) is 6.42 Å². The van der Waals surface area contributed by atoms with Crippen LogP contribution in [0.3, 0.4) is 0 Å². The monoisotopic (exact) mass is 180 g/mol. The molecule has 0 aromatic heterocycles. The molecule has 0 rings (SSSR count). The molecule has 5 nitrogen and oxygen atoms in total. The Kier molecular flexibility index (Phi) is 4.98. The summed E-state index contributed by atoms with van der Waals surface area (Å²) >= 11 is 0. The molecule has 0 aromatic carbocycles. The van der Waals surface area contributed by atoms with Gasteiger partial charge < -0.3 is 19.4 Å². The summed E-state index contributed by atoms with van der Waals surface area (Å²) in [4.78, 5) is 27.0. The Labute approximate surface area is 64.9 Å². The summed E-state index contributed by atoms with van der Waals surface area (Å²) in [6, 6.07) is 0. The second kappa shape index (κ2) is 5.21. The van der Waals surface area contributed by atoms with E-state index in [0.29, 0.717) is 0 Å². The van der Waals surface area contributed by atoms with E-state index in [1.165, 1.54) is 0 Å². The maximum absolute atomic E-state index is 10.6. The summed E-state index contributed by atoms with van der Waals surface area (Å²) in [5.74, 6) is -0.893. The quantitative estimate of drug-likeness (QED) is 0.407. The van der Waals surface area contributed by atoms with Gasteiger partial charge in [0.1, 0.15) is 0 Å². The third-order valence-electron chi connectivity index (χ3n) is 0.867. The van der Waals surface area contributed by atoms with Crippen molar-refractivity contribution in [2.45, 2.75) is 6.42 Å². The van der Waals surface area contributed by atoms with Crippen LogP contribution in [0.15, 0.2) is 12.2 Å². The molecule has 64 valence electrons. The van der Waals surface area contributed by atoms with Gasteiger partial charge in [-0.15, -0.1) is 0 Å². The molecule has 0 saturated carbocycles. The molecule has 3 N–H and O–H groups in total. The van der Waals surface area contributed by atoms with Gasteiger partial charge in [0, 0.05) is 18.6 Å². The number of hydrogen-bond donors (Lipinski definition) is 3. The first-order valence-electron chi connectivity index (χ1n) is 2.76. The highest BCUT2D eigenvalue weighted by Crippen LogP contribution is 2.25. The van der Waals surface area contributed by atoms with E-state index in [9.17, 15) is 4.79 Å². The van der Waals surface area contributed by atoms with Crippen LogP contribution in [-0.4, -0.2) is 27.5 Å². The Hall–Kier alpha value is -0.480. The molecule has 0 saturated heterocycles. The molecular weight excluding hydrogens is 171 g/mol. The van der Waals surface area contributed by atoms with Gasteiger partial charge in [0.25, 0.3) is 0 Å². The minimum Gasteiger partial charge on any atom is -0.396 e. The van der Waals surface area contributed by atoms with E-state index in [1.54, 1.807) is 0 Å². The van der Waals surface area contributed by atoms with Crippen LogP contribution in [0.4, 0.5) is 0 Å². The largest absolute Gasteiger partial charge is 0.396 e. The van der Waals surface area contributed by atoms with Gasteiger partial charge in [0.05, 0.1) is 0 Å². The molecule has 0 bridgehead atoms. The van der Waals surface area contributed by atoms with Gasteiger partial charge in [0.15, 0.2) is 0 Å². The fourth-order valence-corrected chi connectivity index (χ4v) is 0.653. The van der Waals surface area contributed by atoms with E-state index < -0.39 is 14.6 Å². The highest BCUT2D eigenvalue weighted by molar-refractivity contribution is 7.40. The molecule has 0 atom stereocenters. The Bertz CT molecular complexity index is 155. The summed E-state index contributed by atoms with van der Waals surface area (Å²) in [6.45, 7) is 3.03. The summed E-state index contributed by atoms with van der Waals surface area (Å²) in [5, 5.41) is 8.33. The molecule has 11 heavy (non-hydrogen) atoms. The van der Waals surface area contributed by atoms with Gasteiger partial charge in [-0.1, -0.05) is 6.58 Å². The molecule has 6 heteroatoms. The third kappa shape index (κ3) is 4.86. The minimum absolute atomic E-state index is 0.0168. The first-order chi connectivity index (χ1) is 5.07. The molecule has 0 aliphatic rings. The number of hydrogen-bond acceptors (Lipinski definition) is 5. The zero-order valence-corrected chi connectivity index (χ0v) is 6.62. The van der Waals surface area contributed by atoms with E-state index in [1.807, 2.05) is 0 Å².